The Bertz CT molecular complexity index is 961. The summed E-state index contributed by atoms with van der Waals surface area (Å²) >= 11 is 0. The van der Waals surface area contributed by atoms with Gasteiger partial charge in [0, 0.05) is 6.61 Å². The smallest absolute Gasteiger partial charge is 0.380 e. The molecule has 1 aliphatic rings. The zero-order valence-electron chi connectivity index (χ0n) is 20.5. The number of alkyl halides is 3. The molecule has 2 rings (SSSR count). The SMILES string of the molecule is CC(C)[Si](C#C[C@@H]1COCC[C@@H]1C(=O)Nc1c(F)c(F)c(C(F)(F)F)c(F)c1F)(C(C)C)C(C)C. The van der Waals surface area contributed by atoms with Crippen LogP contribution in [0.5, 0.6) is 0 Å². The fourth-order valence-corrected chi connectivity index (χ4v) is 10.4. The van der Waals surface area contributed by atoms with Crippen molar-refractivity contribution in [2.24, 2.45) is 11.8 Å². The van der Waals surface area contributed by atoms with E-state index in [1.54, 1.807) is 5.32 Å². The van der Waals surface area contributed by atoms with Gasteiger partial charge >= 0.3 is 6.18 Å². The molecule has 0 aromatic heterocycles. The highest BCUT2D eigenvalue weighted by atomic mass is 28.3. The summed E-state index contributed by atoms with van der Waals surface area (Å²) < 4.78 is 100. The highest BCUT2D eigenvalue weighted by Crippen LogP contribution is 2.41. The first kappa shape index (κ1) is 29.2. The second-order valence-corrected chi connectivity index (χ2v) is 15.3. The average Bonchev–Trinajstić information content (AvgIpc) is 2.74. The van der Waals surface area contributed by atoms with Gasteiger partial charge < -0.3 is 10.1 Å². The summed E-state index contributed by atoms with van der Waals surface area (Å²) in [6.45, 7) is 12.8. The maximum absolute atomic E-state index is 14.3. The molecule has 35 heavy (non-hydrogen) atoms. The quantitative estimate of drug-likeness (QED) is 0.193. The Kier molecular flexibility index (Phi) is 9.09. The Balaban J connectivity index is 2.44. The van der Waals surface area contributed by atoms with Crippen molar-refractivity contribution in [3.63, 3.8) is 0 Å². The number of hydrogen-bond donors (Lipinski definition) is 1. The van der Waals surface area contributed by atoms with E-state index in [1.807, 2.05) is 0 Å². The first-order valence-electron chi connectivity index (χ1n) is 11.4. The third-order valence-electron chi connectivity index (χ3n) is 6.83. The van der Waals surface area contributed by atoms with Crippen LogP contribution in [-0.4, -0.2) is 27.2 Å². The predicted octanol–water partition coefficient (Wildman–Crippen LogP) is 7.07. The van der Waals surface area contributed by atoms with E-state index < -0.39 is 66.5 Å². The molecule has 0 spiro atoms. The van der Waals surface area contributed by atoms with Crippen LogP contribution in [0.2, 0.25) is 16.6 Å². The van der Waals surface area contributed by atoms with Gasteiger partial charge in [0.1, 0.15) is 19.3 Å². The average molecular weight is 526 g/mol. The van der Waals surface area contributed by atoms with Crippen LogP contribution in [-0.2, 0) is 15.7 Å². The maximum atomic E-state index is 14.3. The van der Waals surface area contributed by atoms with Crippen molar-refractivity contribution in [1.29, 1.82) is 0 Å². The molecular formula is C24H30F7NO2Si. The van der Waals surface area contributed by atoms with E-state index >= 15 is 0 Å². The summed E-state index contributed by atoms with van der Waals surface area (Å²) in [7, 11) is -2.18. The van der Waals surface area contributed by atoms with Crippen LogP contribution in [0.15, 0.2) is 0 Å². The molecular weight excluding hydrogens is 495 g/mol. The van der Waals surface area contributed by atoms with Crippen molar-refractivity contribution in [2.45, 2.75) is 70.8 Å². The number of carbonyl (C=O) groups is 1. The molecule has 11 heteroatoms. The Morgan fingerprint density at radius 1 is 0.943 bits per heavy atom. The Morgan fingerprint density at radius 2 is 1.43 bits per heavy atom. The second-order valence-electron chi connectivity index (χ2n) is 9.74. The van der Waals surface area contributed by atoms with E-state index in [4.69, 9.17) is 4.74 Å². The summed E-state index contributed by atoms with van der Waals surface area (Å²) in [6.07, 6.45) is -5.56. The number of nitrogens with one attached hydrogen (secondary N) is 1. The molecule has 0 aliphatic carbocycles. The fourth-order valence-electron chi connectivity index (χ4n) is 5.05. The van der Waals surface area contributed by atoms with Gasteiger partial charge in [-0.25, -0.2) is 17.6 Å². The monoisotopic (exact) mass is 525 g/mol. The minimum Gasteiger partial charge on any atom is -0.380 e. The predicted molar refractivity (Wildman–Crippen MR) is 121 cm³/mol. The van der Waals surface area contributed by atoms with Gasteiger partial charge in [0.05, 0.1) is 18.4 Å². The summed E-state index contributed by atoms with van der Waals surface area (Å²) in [6, 6.07) is 0. The van der Waals surface area contributed by atoms with Gasteiger partial charge in [0.15, 0.2) is 23.3 Å². The molecule has 1 aromatic carbocycles. The van der Waals surface area contributed by atoms with E-state index in [0.29, 0.717) is 16.6 Å². The van der Waals surface area contributed by atoms with Crippen LogP contribution in [0.3, 0.4) is 0 Å². The lowest BCUT2D eigenvalue weighted by Crippen LogP contribution is -2.44. The number of anilines is 1. The first-order valence-corrected chi connectivity index (χ1v) is 13.6. The minimum absolute atomic E-state index is 0.0601. The lowest BCUT2D eigenvalue weighted by molar-refractivity contribution is -0.143. The highest BCUT2D eigenvalue weighted by molar-refractivity contribution is 6.90. The van der Waals surface area contributed by atoms with E-state index in [2.05, 4.69) is 53.0 Å². The standard InChI is InChI=1S/C24H30F7NO2Si/c1-12(2)35(13(3)4,14(5)6)10-8-15-11-34-9-7-16(15)23(33)32-22-20(27)18(25)17(24(29,30)31)19(26)21(22)28/h12-16H,7,9,11H2,1-6H3,(H,32,33)/t15-,16+/m1/s1. The Hall–Kier alpha value is -2.06. The first-order chi connectivity index (χ1) is 16.1. The number of ether oxygens (including phenoxy) is 1. The third kappa shape index (κ3) is 5.69. The van der Waals surface area contributed by atoms with Crippen LogP contribution in [0.25, 0.3) is 0 Å². The van der Waals surface area contributed by atoms with E-state index in [1.165, 1.54) is 0 Å². The molecule has 1 amide bonds. The number of rotatable bonds is 5. The van der Waals surface area contributed by atoms with Crippen LogP contribution < -0.4 is 5.32 Å². The summed E-state index contributed by atoms with van der Waals surface area (Å²) in [4.78, 5) is 12.9. The van der Waals surface area contributed by atoms with Crippen molar-refractivity contribution in [3.8, 4) is 11.5 Å². The molecule has 1 aromatic rings. The van der Waals surface area contributed by atoms with Gasteiger partial charge in [-0.05, 0) is 23.0 Å². The highest BCUT2D eigenvalue weighted by Gasteiger charge is 2.44. The van der Waals surface area contributed by atoms with Crippen molar-refractivity contribution < 1.29 is 40.3 Å². The molecule has 1 heterocycles. The Labute approximate surface area is 201 Å². The number of amides is 1. The molecule has 1 saturated heterocycles. The molecule has 3 nitrogen and oxygen atoms in total. The molecule has 0 saturated carbocycles. The van der Waals surface area contributed by atoms with Crippen molar-refractivity contribution >= 4 is 19.7 Å². The summed E-state index contributed by atoms with van der Waals surface area (Å²) in [5.41, 5.74) is 0.0465. The maximum Gasteiger partial charge on any atom is 0.422 e. The lowest BCUT2D eigenvalue weighted by Gasteiger charge is -2.38. The zero-order valence-corrected chi connectivity index (χ0v) is 21.5. The van der Waals surface area contributed by atoms with E-state index in [-0.39, 0.29) is 19.6 Å². The zero-order chi connectivity index (χ0) is 26.9. The topological polar surface area (TPSA) is 38.3 Å². The van der Waals surface area contributed by atoms with Crippen LogP contribution in [0, 0.1) is 46.6 Å². The number of benzene rings is 1. The lowest BCUT2D eigenvalue weighted by atomic mass is 9.88. The molecule has 196 valence electrons. The minimum atomic E-state index is -5.67. The van der Waals surface area contributed by atoms with Crippen molar-refractivity contribution in [3.05, 3.63) is 28.8 Å². The molecule has 1 N–H and O–H groups in total. The van der Waals surface area contributed by atoms with Crippen molar-refractivity contribution in [2.75, 3.05) is 18.5 Å². The van der Waals surface area contributed by atoms with Crippen molar-refractivity contribution in [1.82, 2.24) is 0 Å². The van der Waals surface area contributed by atoms with Gasteiger partial charge in [-0.3, -0.25) is 4.79 Å². The molecule has 0 bridgehead atoms. The third-order valence-corrected chi connectivity index (χ3v) is 13.1. The summed E-state index contributed by atoms with van der Waals surface area (Å²) in [5, 5.41) is 1.76. The summed E-state index contributed by atoms with van der Waals surface area (Å²) in [5.74, 6) is -9.38. The number of carbonyl (C=O) groups excluding carboxylic acids is 1. The van der Waals surface area contributed by atoms with Gasteiger partial charge in [-0.1, -0.05) is 41.5 Å². The molecule has 1 aliphatic heterocycles. The van der Waals surface area contributed by atoms with Gasteiger partial charge in [0.25, 0.3) is 0 Å². The van der Waals surface area contributed by atoms with Crippen LogP contribution >= 0.6 is 0 Å². The van der Waals surface area contributed by atoms with Gasteiger partial charge in [-0.15, -0.1) is 11.5 Å². The Morgan fingerprint density at radius 3 is 1.86 bits per heavy atom. The van der Waals surface area contributed by atoms with Gasteiger partial charge in [-0.2, -0.15) is 13.2 Å². The molecule has 0 radical (unpaired) electrons. The van der Waals surface area contributed by atoms with E-state index in [9.17, 15) is 35.5 Å². The largest absolute Gasteiger partial charge is 0.422 e. The normalized spacial score (nSPS) is 19.2. The number of hydrogen-bond acceptors (Lipinski definition) is 2. The van der Waals surface area contributed by atoms with Gasteiger partial charge in [0.2, 0.25) is 5.91 Å². The fraction of sp³-hybridized carbons (Fsp3) is 0.625. The second kappa shape index (κ2) is 10.9. The molecule has 2 atom stereocenters. The van der Waals surface area contributed by atoms with Crippen LogP contribution in [0.1, 0.15) is 53.5 Å². The number of halogens is 7. The van der Waals surface area contributed by atoms with E-state index in [0.717, 1.165) is 0 Å². The van der Waals surface area contributed by atoms with Crippen LogP contribution in [0.4, 0.5) is 36.4 Å². The molecule has 0 unspecified atom stereocenters. The molecule has 1 fully saturated rings.